The average molecular weight is 371 g/mol. The first-order chi connectivity index (χ1) is 12.7. The molecule has 26 heavy (non-hydrogen) atoms. The Morgan fingerprint density at radius 1 is 1.42 bits per heavy atom. The van der Waals surface area contributed by atoms with Gasteiger partial charge >= 0.3 is 6.03 Å². The Morgan fingerprint density at radius 3 is 3.12 bits per heavy atom. The summed E-state index contributed by atoms with van der Waals surface area (Å²) >= 11 is 1.17. The van der Waals surface area contributed by atoms with Crippen LogP contribution in [0.5, 0.6) is 0 Å². The standard InChI is InChI=1S/C16H17N7O2S/c1-10-18-15(26-22-10)20-16(24)23-7-3-5-12(9-23)14-19-13(21-25-14)11-4-2-6-17-8-11/h2,4,6,8,12H,3,5,7,9H2,1H3,(H,18,20,22,24)/t12-/m0/s1. The second-order valence-corrected chi connectivity index (χ2v) is 6.81. The Hall–Kier alpha value is -2.88. The summed E-state index contributed by atoms with van der Waals surface area (Å²) in [7, 11) is 0. The zero-order chi connectivity index (χ0) is 17.9. The molecule has 0 aromatic carbocycles. The number of carbonyl (C=O) groups excluding carboxylic acids is 1. The van der Waals surface area contributed by atoms with Gasteiger partial charge in [0.25, 0.3) is 0 Å². The van der Waals surface area contributed by atoms with Crippen LogP contribution in [0.1, 0.15) is 30.5 Å². The van der Waals surface area contributed by atoms with Crippen LogP contribution in [0.15, 0.2) is 29.0 Å². The molecule has 9 nitrogen and oxygen atoms in total. The molecule has 0 unspecified atom stereocenters. The molecule has 3 aromatic heterocycles. The molecule has 2 amide bonds. The van der Waals surface area contributed by atoms with Crippen LogP contribution in [0.25, 0.3) is 11.4 Å². The Morgan fingerprint density at radius 2 is 2.35 bits per heavy atom. The van der Waals surface area contributed by atoms with Gasteiger partial charge in [-0.15, -0.1) is 0 Å². The SMILES string of the molecule is Cc1nsc(NC(=O)N2CCC[C@H](c3nc(-c4cccnc4)no3)C2)n1. The normalized spacial score (nSPS) is 17.3. The van der Waals surface area contributed by atoms with Crippen molar-refractivity contribution in [2.24, 2.45) is 0 Å². The van der Waals surface area contributed by atoms with Crippen LogP contribution in [-0.4, -0.2) is 48.5 Å². The third kappa shape index (κ3) is 3.54. The predicted molar refractivity (Wildman–Crippen MR) is 94.7 cm³/mol. The molecule has 0 radical (unpaired) electrons. The van der Waals surface area contributed by atoms with Crippen molar-refractivity contribution < 1.29 is 9.32 Å². The highest BCUT2D eigenvalue weighted by Crippen LogP contribution is 2.27. The molecule has 1 saturated heterocycles. The van der Waals surface area contributed by atoms with Crippen molar-refractivity contribution >= 4 is 22.7 Å². The lowest BCUT2D eigenvalue weighted by Crippen LogP contribution is -2.41. The van der Waals surface area contributed by atoms with E-state index in [4.69, 9.17) is 4.52 Å². The summed E-state index contributed by atoms with van der Waals surface area (Å²) in [4.78, 5) is 26.9. The van der Waals surface area contributed by atoms with Crippen molar-refractivity contribution in [2.75, 3.05) is 18.4 Å². The third-order valence-electron chi connectivity index (χ3n) is 4.16. The van der Waals surface area contributed by atoms with E-state index in [1.54, 1.807) is 24.2 Å². The van der Waals surface area contributed by atoms with Crippen LogP contribution in [0.4, 0.5) is 9.93 Å². The van der Waals surface area contributed by atoms with Gasteiger partial charge < -0.3 is 9.42 Å². The fourth-order valence-electron chi connectivity index (χ4n) is 2.89. The van der Waals surface area contributed by atoms with Gasteiger partial charge in [-0.2, -0.15) is 9.36 Å². The minimum Gasteiger partial charge on any atom is -0.339 e. The van der Waals surface area contributed by atoms with E-state index >= 15 is 0 Å². The lowest BCUT2D eigenvalue weighted by molar-refractivity contribution is 0.184. The maximum Gasteiger partial charge on any atom is 0.323 e. The lowest BCUT2D eigenvalue weighted by Gasteiger charge is -2.30. The topological polar surface area (TPSA) is 110 Å². The first-order valence-electron chi connectivity index (χ1n) is 8.29. The number of pyridine rings is 1. The molecule has 1 atom stereocenters. The van der Waals surface area contributed by atoms with Crippen LogP contribution in [0.3, 0.4) is 0 Å². The van der Waals surface area contributed by atoms with Crippen molar-refractivity contribution in [3.8, 4) is 11.4 Å². The van der Waals surface area contributed by atoms with Crippen LogP contribution in [-0.2, 0) is 0 Å². The minimum absolute atomic E-state index is 0.0172. The molecule has 0 aliphatic carbocycles. The molecule has 1 fully saturated rings. The monoisotopic (exact) mass is 371 g/mol. The molecule has 0 bridgehead atoms. The number of urea groups is 1. The number of nitrogens with one attached hydrogen (secondary N) is 1. The number of aromatic nitrogens is 5. The van der Waals surface area contributed by atoms with E-state index in [0.717, 1.165) is 18.4 Å². The highest BCUT2D eigenvalue weighted by Gasteiger charge is 2.29. The lowest BCUT2D eigenvalue weighted by atomic mass is 9.98. The van der Waals surface area contributed by atoms with E-state index in [2.05, 4.69) is 29.8 Å². The van der Waals surface area contributed by atoms with Gasteiger partial charge in [-0.1, -0.05) is 5.16 Å². The summed E-state index contributed by atoms with van der Waals surface area (Å²) in [6.45, 7) is 3.00. The number of likely N-dealkylation sites (tertiary alicyclic amines) is 1. The predicted octanol–water partition coefficient (Wildman–Crippen LogP) is 2.70. The minimum atomic E-state index is -0.183. The quantitative estimate of drug-likeness (QED) is 0.753. The molecule has 0 spiro atoms. The highest BCUT2D eigenvalue weighted by atomic mass is 32.1. The molecule has 4 rings (SSSR count). The van der Waals surface area contributed by atoms with E-state index in [1.807, 2.05) is 12.1 Å². The van der Waals surface area contributed by atoms with Crippen molar-refractivity contribution in [3.63, 3.8) is 0 Å². The molecule has 1 aliphatic rings. The number of hydrogen-bond donors (Lipinski definition) is 1. The van der Waals surface area contributed by atoms with E-state index in [9.17, 15) is 4.79 Å². The molecule has 134 valence electrons. The Bertz CT molecular complexity index is 895. The smallest absolute Gasteiger partial charge is 0.323 e. The molecular formula is C16H17N7O2S. The number of amides is 2. The molecule has 10 heteroatoms. The van der Waals surface area contributed by atoms with Crippen LogP contribution >= 0.6 is 11.5 Å². The van der Waals surface area contributed by atoms with E-state index in [0.29, 0.717) is 35.8 Å². The van der Waals surface area contributed by atoms with Crippen molar-refractivity contribution in [1.29, 1.82) is 0 Å². The fraction of sp³-hybridized carbons (Fsp3) is 0.375. The number of anilines is 1. The summed E-state index contributed by atoms with van der Waals surface area (Å²) < 4.78 is 9.51. The molecule has 3 aromatic rings. The van der Waals surface area contributed by atoms with E-state index in [-0.39, 0.29) is 11.9 Å². The third-order valence-corrected chi connectivity index (χ3v) is 4.88. The summed E-state index contributed by atoms with van der Waals surface area (Å²) in [5.41, 5.74) is 0.805. The number of rotatable bonds is 3. The number of piperidine rings is 1. The summed E-state index contributed by atoms with van der Waals surface area (Å²) in [6.07, 6.45) is 5.16. The van der Waals surface area contributed by atoms with E-state index < -0.39 is 0 Å². The zero-order valence-electron chi connectivity index (χ0n) is 14.1. The molecule has 0 saturated carbocycles. The highest BCUT2D eigenvalue weighted by molar-refractivity contribution is 7.09. The molecule has 1 aliphatic heterocycles. The number of hydrogen-bond acceptors (Lipinski definition) is 8. The van der Waals surface area contributed by atoms with Gasteiger partial charge in [-0.25, -0.2) is 9.78 Å². The maximum atomic E-state index is 12.5. The van der Waals surface area contributed by atoms with Gasteiger partial charge in [-0.05, 0) is 31.9 Å². The summed E-state index contributed by atoms with van der Waals surface area (Å²) in [5.74, 6) is 1.73. The van der Waals surface area contributed by atoms with Gasteiger partial charge in [-0.3, -0.25) is 10.3 Å². The van der Waals surface area contributed by atoms with Gasteiger partial charge in [0.2, 0.25) is 16.8 Å². The maximum absolute atomic E-state index is 12.5. The van der Waals surface area contributed by atoms with Gasteiger partial charge in [0.15, 0.2) is 0 Å². The van der Waals surface area contributed by atoms with Gasteiger partial charge in [0.05, 0.1) is 5.92 Å². The largest absolute Gasteiger partial charge is 0.339 e. The first-order valence-corrected chi connectivity index (χ1v) is 9.06. The Kier molecular flexibility index (Phi) is 4.57. The van der Waals surface area contributed by atoms with Crippen molar-refractivity contribution in [3.05, 3.63) is 36.2 Å². The number of aryl methyl sites for hydroxylation is 1. The molecular weight excluding hydrogens is 354 g/mol. The first kappa shape index (κ1) is 16.6. The Balaban J connectivity index is 1.43. The van der Waals surface area contributed by atoms with Crippen LogP contribution < -0.4 is 5.32 Å². The Labute approximate surface area is 153 Å². The van der Waals surface area contributed by atoms with Crippen LogP contribution in [0, 0.1) is 6.92 Å². The second-order valence-electron chi connectivity index (χ2n) is 6.06. The number of nitrogens with zero attached hydrogens (tertiary/aromatic N) is 6. The fourth-order valence-corrected chi connectivity index (χ4v) is 3.46. The molecule has 4 heterocycles. The molecule has 1 N–H and O–H groups in total. The van der Waals surface area contributed by atoms with E-state index in [1.165, 1.54) is 11.5 Å². The van der Waals surface area contributed by atoms with Gasteiger partial charge in [0, 0.05) is 42.6 Å². The van der Waals surface area contributed by atoms with Gasteiger partial charge in [0.1, 0.15) is 5.82 Å². The van der Waals surface area contributed by atoms with Crippen molar-refractivity contribution in [1.82, 2.24) is 29.4 Å². The summed E-state index contributed by atoms with van der Waals surface area (Å²) in [6, 6.07) is 3.53. The average Bonchev–Trinajstić information content (AvgIpc) is 3.32. The van der Waals surface area contributed by atoms with Crippen LogP contribution in [0.2, 0.25) is 0 Å². The zero-order valence-corrected chi connectivity index (χ0v) is 14.9. The summed E-state index contributed by atoms with van der Waals surface area (Å²) in [5, 5.41) is 7.34. The second kappa shape index (κ2) is 7.16. The van der Waals surface area contributed by atoms with Crippen molar-refractivity contribution in [2.45, 2.75) is 25.7 Å². The number of carbonyl (C=O) groups is 1.